The van der Waals surface area contributed by atoms with Crippen molar-refractivity contribution in [3.05, 3.63) is 17.9 Å². The Morgan fingerprint density at radius 1 is 1.41 bits per heavy atom. The third kappa shape index (κ3) is 2.88. The summed E-state index contributed by atoms with van der Waals surface area (Å²) in [5.41, 5.74) is 0. The van der Waals surface area contributed by atoms with Gasteiger partial charge in [0.05, 0.1) is 0 Å². The number of rotatable bonds is 6. The lowest BCUT2D eigenvalue weighted by atomic mass is 10.3. The average molecular weight is 261 g/mol. The van der Waals surface area contributed by atoms with Crippen LogP contribution in [0.25, 0.3) is 0 Å². The molecule has 0 amide bonds. The van der Waals surface area contributed by atoms with Gasteiger partial charge in [-0.2, -0.15) is 4.31 Å². The SMILES string of the molecule is CCC(C)N(CC)S(=O)(=O)c1ccc(CO)o1. The minimum atomic E-state index is -3.60. The van der Waals surface area contributed by atoms with E-state index in [-0.39, 0.29) is 23.5 Å². The van der Waals surface area contributed by atoms with Gasteiger partial charge in [0.1, 0.15) is 12.4 Å². The van der Waals surface area contributed by atoms with E-state index in [1.54, 1.807) is 6.92 Å². The highest BCUT2D eigenvalue weighted by Crippen LogP contribution is 2.21. The Kier molecular flexibility index (Phi) is 4.73. The van der Waals surface area contributed by atoms with Crippen molar-refractivity contribution in [1.29, 1.82) is 0 Å². The van der Waals surface area contributed by atoms with Crippen LogP contribution in [0.1, 0.15) is 33.0 Å². The van der Waals surface area contributed by atoms with Gasteiger partial charge >= 0.3 is 0 Å². The van der Waals surface area contributed by atoms with Crippen LogP contribution in [0, 0.1) is 0 Å². The molecule has 0 spiro atoms. The molecule has 0 aliphatic heterocycles. The maximum Gasteiger partial charge on any atom is 0.276 e. The number of sulfonamides is 1. The highest BCUT2D eigenvalue weighted by molar-refractivity contribution is 7.89. The second kappa shape index (κ2) is 5.66. The zero-order chi connectivity index (χ0) is 13.1. The molecule has 0 fully saturated rings. The van der Waals surface area contributed by atoms with Crippen LogP contribution in [0.5, 0.6) is 0 Å². The lowest BCUT2D eigenvalue weighted by Gasteiger charge is -2.24. The summed E-state index contributed by atoms with van der Waals surface area (Å²) >= 11 is 0. The van der Waals surface area contributed by atoms with E-state index in [0.717, 1.165) is 6.42 Å². The van der Waals surface area contributed by atoms with Gasteiger partial charge in [0.25, 0.3) is 10.0 Å². The van der Waals surface area contributed by atoms with Crippen LogP contribution >= 0.6 is 0 Å². The summed E-state index contributed by atoms with van der Waals surface area (Å²) in [6, 6.07) is 2.77. The zero-order valence-corrected chi connectivity index (χ0v) is 11.2. The Balaban J connectivity index is 3.08. The minimum Gasteiger partial charge on any atom is -0.446 e. The Hall–Kier alpha value is -0.850. The highest BCUT2D eigenvalue weighted by atomic mass is 32.2. The first-order valence-corrected chi connectivity index (χ1v) is 7.12. The number of furan rings is 1. The molecule has 17 heavy (non-hydrogen) atoms. The predicted octanol–water partition coefficient (Wildman–Crippen LogP) is 1.58. The van der Waals surface area contributed by atoms with Gasteiger partial charge in [-0.3, -0.25) is 0 Å². The average Bonchev–Trinajstić information content (AvgIpc) is 2.78. The first-order chi connectivity index (χ1) is 7.97. The number of aliphatic hydroxyl groups is 1. The maximum absolute atomic E-state index is 12.2. The molecule has 98 valence electrons. The normalized spacial score (nSPS) is 14.2. The van der Waals surface area contributed by atoms with Crippen LogP contribution in [-0.2, 0) is 16.6 Å². The highest BCUT2D eigenvalue weighted by Gasteiger charge is 2.29. The number of nitrogens with zero attached hydrogens (tertiary/aromatic N) is 1. The van der Waals surface area contributed by atoms with E-state index in [0.29, 0.717) is 6.54 Å². The van der Waals surface area contributed by atoms with Gasteiger partial charge in [0.15, 0.2) is 0 Å². The summed E-state index contributed by atoms with van der Waals surface area (Å²) in [5.74, 6) is 0.253. The molecule has 0 bridgehead atoms. The summed E-state index contributed by atoms with van der Waals surface area (Å²) in [6.07, 6.45) is 0.737. The smallest absolute Gasteiger partial charge is 0.276 e. The number of hydrogen-bond donors (Lipinski definition) is 1. The summed E-state index contributed by atoms with van der Waals surface area (Å²) < 4.78 is 31.0. The Morgan fingerprint density at radius 2 is 2.06 bits per heavy atom. The van der Waals surface area contributed by atoms with E-state index in [9.17, 15) is 8.42 Å². The molecule has 0 aromatic carbocycles. The van der Waals surface area contributed by atoms with E-state index < -0.39 is 10.0 Å². The number of hydrogen-bond acceptors (Lipinski definition) is 4. The van der Waals surface area contributed by atoms with Crippen molar-refractivity contribution in [2.24, 2.45) is 0 Å². The van der Waals surface area contributed by atoms with Crippen molar-refractivity contribution in [3.63, 3.8) is 0 Å². The van der Waals surface area contributed by atoms with Crippen LogP contribution in [0.3, 0.4) is 0 Å². The van der Waals surface area contributed by atoms with Crippen LogP contribution in [0.4, 0.5) is 0 Å². The van der Waals surface area contributed by atoms with Gasteiger partial charge in [-0.1, -0.05) is 13.8 Å². The first-order valence-electron chi connectivity index (χ1n) is 5.68. The quantitative estimate of drug-likeness (QED) is 0.844. The van der Waals surface area contributed by atoms with Gasteiger partial charge in [-0.15, -0.1) is 0 Å². The van der Waals surface area contributed by atoms with E-state index in [2.05, 4.69) is 0 Å². The molecule has 0 aliphatic carbocycles. The summed E-state index contributed by atoms with van der Waals surface area (Å²) in [7, 11) is -3.60. The molecule has 1 atom stereocenters. The van der Waals surface area contributed by atoms with Gasteiger partial charge in [-0.05, 0) is 25.5 Å². The Bertz CT molecular complexity index is 452. The lowest BCUT2D eigenvalue weighted by molar-refractivity contribution is 0.234. The molecule has 1 N–H and O–H groups in total. The van der Waals surface area contributed by atoms with Crippen molar-refractivity contribution in [3.8, 4) is 0 Å². The van der Waals surface area contributed by atoms with Crippen molar-refractivity contribution < 1.29 is 17.9 Å². The largest absolute Gasteiger partial charge is 0.446 e. The van der Waals surface area contributed by atoms with E-state index >= 15 is 0 Å². The second-order valence-corrected chi connectivity index (χ2v) is 5.67. The van der Waals surface area contributed by atoms with Crippen LogP contribution < -0.4 is 0 Å². The molecule has 1 heterocycles. The molecule has 0 saturated heterocycles. The van der Waals surface area contributed by atoms with Crippen molar-refractivity contribution in [1.82, 2.24) is 4.31 Å². The second-order valence-electron chi connectivity index (χ2n) is 3.84. The molecule has 1 rings (SSSR count). The van der Waals surface area contributed by atoms with Gasteiger partial charge in [0.2, 0.25) is 5.09 Å². The Morgan fingerprint density at radius 3 is 2.47 bits per heavy atom. The van der Waals surface area contributed by atoms with Crippen molar-refractivity contribution in [2.45, 2.75) is 44.9 Å². The molecule has 0 aliphatic rings. The summed E-state index contributed by atoms with van der Waals surface area (Å²) in [6.45, 7) is 5.68. The molecule has 5 nitrogen and oxygen atoms in total. The van der Waals surface area contributed by atoms with E-state index in [1.807, 2.05) is 13.8 Å². The van der Waals surface area contributed by atoms with Crippen LogP contribution in [0.15, 0.2) is 21.6 Å². The van der Waals surface area contributed by atoms with E-state index in [1.165, 1.54) is 16.4 Å². The fourth-order valence-electron chi connectivity index (χ4n) is 1.62. The maximum atomic E-state index is 12.2. The van der Waals surface area contributed by atoms with Gasteiger partial charge < -0.3 is 9.52 Å². The van der Waals surface area contributed by atoms with Gasteiger partial charge in [-0.25, -0.2) is 8.42 Å². The van der Waals surface area contributed by atoms with Crippen molar-refractivity contribution >= 4 is 10.0 Å². The third-order valence-corrected chi connectivity index (χ3v) is 4.71. The minimum absolute atomic E-state index is 0.0762. The molecular weight excluding hydrogens is 242 g/mol. The lowest BCUT2D eigenvalue weighted by Crippen LogP contribution is -2.37. The molecule has 1 aromatic rings. The third-order valence-electron chi connectivity index (χ3n) is 2.75. The van der Waals surface area contributed by atoms with Crippen molar-refractivity contribution in [2.75, 3.05) is 6.54 Å². The van der Waals surface area contributed by atoms with Gasteiger partial charge in [0, 0.05) is 12.6 Å². The molecule has 0 saturated carbocycles. The molecule has 1 unspecified atom stereocenters. The fourth-order valence-corrected chi connectivity index (χ4v) is 3.27. The predicted molar refractivity (Wildman–Crippen MR) is 63.9 cm³/mol. The standard InChI is InChI=1S/C11H19NO4S/c1-4-9(3)12(5-2)17(14,15)11-7-6-10(8-13)16-11/h6-7,9,13H,4-5,8H2,1-3H3. The molecule has 0 radical (unpaired) electrons. The molecule has 1 aromatic heterocycles. The summed E-state index contributed by atoms with van der Waals surface area (Å²) in [5, 5.41) is 8.76. The first kappa shape index (κ1) is 14.2. The zero-order valence-electron chi connectivity index (χ0n) is 10.4. The topological polar surface area (TPSA) is 70.8 Å². The molecular formula is C11H19NO4S. The van der Waals surface area contributed by atoms with E-state index in [4.69, 9.17) is 9.52 Å². The van der Waals surface area contributed by atoms with Crippen LogP contribution in [-0.4, -0.2) is 30.4 Å². The fraction of sp³-hybridized carbons (Fsp3) is 0.636. The monoisotopic (exact) mass is 261 g/mol. The molecule has 6 heteroatoms. The summed E-state index contributed by atoms with van der Waals surface area (Å²) in [4.78, 5) is 0. The van der Waals surface area contributed by atoms with Crippen LogP contribution in [0.2, 0.25) is 0 Å². The Labute approximate surface area is 102 Å². The number of aliphatic hydroxyl groups excluding tert-OH is 1.